The van der Waals surface area contributed by atoms with Gasteiger partial charge in [-0.1, -0.05) is 18.2 Å². The van der Waals surface area contributed by atoms with E-state index in [0.717, 1.165) is 12.8 Å². The second-order valence-corrected chi connectivity index (χ2v) is 6.48. The van der Waals surface area contributed by atoms with E-state index >= 15 is 0 Å². The predicted octanol–water partition coefficient (Wildman–Crippen LogP) is 2.32. The van der Waals surface area contributed by atoms with Gasteiger partial charge in [0.25, 0.3) is 0 Å². The van der Waals surface area contributed by atoms with Crippen LogP contribution in [0, 0.1) is 0 Å². The molecule has 7 nitrogen and oxygen atoms in total. The van der Waals surface area contributed by atoms with E-state index in [1.54, 1.807) is 0 Å². The number of hydrogen-bond acceptors (Lipinski definition) is 6. The standard InChI is InChI=1S/C14H14F3N5O2S/c15-14(16,17)24-10-6-4-9(5-7-10)22-13(19-20-21-22)25-11-3-1-2-8-18-12(11)23/h4-7,11H,1-3,8H2,(H,18,23)/t11-/m0/s1. The summed E-state index contributed by atoms with van der Waals surface area (Å²) in [6.07, 6.45) is -2.19. The molecule has 0 radical (unpaired) electrons. The Morgan fingerprint density at radius 3 is 2.72 bits per heavy atom. The number of tetrazole rings is 1. The quantitative estimate of drug-likeness (QED) is 0.886. The first-order chi connectivity index (χ1) is 11.9. The molecular weight excluding hydrogens is 359 g/mol. The van der Waals surface area contributed by atoms with Gasteiger partial charge in [0.05, 0.1) is 10.9 Å². The first-order valence-electron chi connectivity index (χ1n) is 7.51. The highest BCUT2D eigenvalue weighted by Crippen LogP contribution is 2.29. The van der Waals surface area contributed by atoms with Crippen molar-refractivity contribution < 1.29 is 22.7 Å². The number of aromatic nitrogens is 4. The number of thioether (sulfide) groups is 1. The molecule has 1 fully saturated rings. The van der Waals surface area contributed by atoms with E-state index in [9.17, 15) is 18.0 Å². The summed E-state index contributed by atoms with van der Waals surface area (Å²) < 4.78 is 41.8. The molecule has 0 aliphatic carbocycles. The van der Waals surface area contributed by atoms with Crippen molar-refractivity contribution in [1.82, 2.24) is 25.5 Å². The SMILES string of the molecule is O=C1NCCCC[C@@H]1Sc1nnnn1-c1ccc(OC(F)(F)F)cc1. The summed E-state index contributed by atoms with van der Waals surface area (Å²) in [6.45, 7) is 0.654. The molecule has 1 aliphatic heterocycles. The van der Waals surface area contributed by atoms with Crippen LogP contribution in [0.3, 0.4) is 0 Å². The topological polar surface area (TPSA) is 81.9 Å². The van der Waals surface area contributed by atoms with Gasteiger partial charge in [-0.05, 0) is 47.5 Å². The Balaban J connectivity index is 1.76. The average Bonchev–Trinajstić information content (AvgIpc) is 2.91. The number of hydrogen-bond donors (Lipinski definition) is 1. The third kappa shape index (κ3) is 4.62. The molecule has 1 aromatic heterocycles. The fraction of sp³-hybridized carbons (Fsp3) is 0.429. The molecule has 1 saturated heterocycles. The van der Waals surface area contributed by atoms with E-state index < -0.39 is 6.36 Å². The van der Waals surface area contributed by atoms with E-state index in [1.807, 2.05) is 0 Å². The zero-order valence-electron chi connectivity index (χ0n) is 12.9. The predicted molar refractivity (Wildman–Crippen MR) is 82.3 cm³/mol. The van der Waals surface area contributed by atoms with Crippen LogP contribution in [-0.2, 0) is 4.79 Å². The molecule has 0 saturated carbocycles. The van der Waals surface area contributed by atoms with Gasteiger partial charge >= 0.3 is 6.36 Å². The van der Waals surface area contributed by atoms with Gasteiger partial charge in [0, 0.05) is 6.54 Å². The lowest BCUT2D eigenvalue weighted by Crippen LogP contribution is -2.30. The minimum atomic E-state index is -4.75. The maximum Gasteiger partial charge on any atom is 0.573 e. The van der Waals surface area contributed by atoms with Crippen LogP contribution in [0.5, 0.6) is 5.75 Å². The first kappa shape index (κ1) is 17.5. The molecule has 0 bridgehead atoms. The van der Waals surface area contributed by atoms with E-state index in [0.29, 0.717) is 23.8 Å². The Bertz CT molecular complexity index is 735. The van der Waals surface area contributed by atoms with Crippen molar-refractivity contribution in [2.75, 3.05) is 6.54 Å². The Morgan fingerprint density at radius 2 is 2.00 bits per heavy atom. The minimum Gasteiger partial charge on any atom is -0.406 e. The number of benzene rings is 1. The minimum absolute atomic E-state index is 0.0639. The van der Waals surface area contributed by atoms with Gasteiger partial charge in [-0.2, -0.15) is 4.68 Å². The van der Waals surface area contributed by atoms with E-state index in [1.165, 1.54) is 40.7 Å². The highest BCUT2D eigenvalue weighted by molar-refractivity contribution is 8.00. The lowest BCUT2D eigenvalue weighted by atomic mass is 10.2. The number of ether oxygens (including phenoxy) is 1. The van der Waals surface area contributed by atoms with Crippen molar-refractivity contribution in [1.29, 1.82) is 0 Å². The van der Waals surface area contributed by atoms with Gasteiger partial charge in [-0.3, -0.25) is 4.79 Å². The number of carbonyl (C=O) groups is 1. The van der Waals surface area contributed by atoms with Gasteiger partial charge in [0.15, 0.2) is 0 Å². The van der Waals surface area contributed by atoms with E-state index in [2.05, 4.69) is 25.6 Å². The summed E-state index contributed by atoms with van der Waals surface area (Å²) in [6, 6.07) is 5.18. The molecule has 2 heterocycles. The first-order valence-corrected chi connectivity index (χ1v) is 8.39. The number of rotatable bonds is 4. The highest BCUT2D eigenvalue weighted by Gasteiger charge is 2.31. The number of nitrogens with zero attached hydrogens (tertiary/aromatic N) is 4. The Labute approximate surface area is 144 Å². The fourth-order valence-electron chi connectivity index (χ4n) is 2.35. The molecule has 3 rings (SSSR count). The van der Waals surface area contributed by atoms with Crippen LogP contribution in [0.4, 0.5) is 13.2 Å². The molecule has 0 unspecified atom stereocenters. The van der Waals surface area contributed by atoms with Crippen LogP contribution in [0.15, 0.2) is 29.4 Å². The Hall–Kier alpha value is -2.30. The van der Waals surface area contributed by atoms with Crippen molar-refractivity contribution in [3.63, 3.8) is 0 Å². The maximum atomic E-state index is 12.2. The van der Waals surface area contributed by atoms with E-state index in [-0.39, 0.29) is 16.9 Å². The van der Waals surface area contributed by atoms with Crippen LogP contribution in [0.2, 0.25) is 0 Å². The van der Waals surface area contributed by atoms with Gasteiger partial charge in [0.2, 0.25) is 11.1 Å². The van der Waals surface area contributed by atoms with Crippen molar-refractivity contribution in [2.24, 2.45) is 0 Å². The molecule has 0 spiro atoms. The Morgan fingerprint density at radius 1 is 1.24 bits per heavy atom. The molecule has 2 aromatic rings. The highest BCUT2D eigenvalue weighted by atomic mass is 32.2. The molecule has 1 aromatic carbocycles. The van der Waals surface area contributed by atoms with Gasteiger partial charge in [-0.15, -0.1) is 18.3 Å². The summed E-state index contributed by atoms with van der Waals surface area (Å²) in [5.74, 6) is -0.396. The average molecular weight is 373 g/mol. The number of alkyl halides is 3. The van der Waals surface area contributed by atoms with Crippen LogP contribution in [0.1, 0.15) is 19.3 Å². The molecule has 1 aliphatic rings. The van der Waals surface area contributed by atoms with Crippen molar-refractivity contribution in [3.05, 3.63) is 24.3 Å². The maximum absolute atomic E-state index is 12.2. The van der Waals surface area contributed by atoms with Crippen LogP contribution in [0.25, 0.3) is 5.69 Å². The second-order valence-electron chi connectivity index (χ2n) is 5.31. The number of halogens is 3. The lowest BCUT2D eigenvalue weighted by molar-refractivity contribution is -0.274. The summed E-state index contributed by atoms with van der Waals surface area (Å²) in [7, 11) is 0. The van der Waals surface area contributed by atoms with Crippen LogP contribution >= 0.6 is 11.8 Å². The van der Waals surface area contributed by atoms with Gasteiger partial charge in [-0.25, -0.2) is 0 Å². The van der Waals surface area contributed by atoms with E-state index in [4.69, 9.17) is 0 Å². The van der Waals surface area contributed by atoms with Crippen molar-refractivity contribution >= 4 is 17.7 Å². The number of carbonyl (C=O) groups excluding carboxylic acids is 1. The zero-order valence-corrected chi connectivity index (χ0v) is 13.7. The van der Waals surface area contributed by atoms with Crippen LogP contribution in [-0.4, -0.2) is 44.3 Å². The third-order valence-corrected chi connectivity index (χ3v) is 4.69. The zero-order chi connectivity index (χ0) is 17.9. The summed E-state index contributed by atoms with van der Waals surface area (Å²) in [5.41, 5.74) is 0.469. The number of nitrogens with one attached hydrogen (secondary N) is 1. The smallest absolute Gasteiger partial charge is 0.406 e. The Kier molecular flexibility index (Phi) is 5.11. The summed E-state index contributed by atoms with van der Waals surface area (Å²) in [4.78, 5) is 12.0. The van der Waals surface area contributed by atoms with Crippen molar-refractivity contribution in [2.45, 2.75) is 36.0 Å². The van der Waals surface area contributed by atoms with Crippen LogP contribution < -0.4 is 10.1 Å². The third-order valence-electron chi connectivity index (χ3n) is 3.49. The monoisotopic (exact) mass is 373 g/mol. The fourth-order valence-corrected chi connectivity index (χ4v) is 3.41. The van der Waals surface area contributed by atoms with Gasteiger partial charge < -0.3 is 10.1 Å². The molecule has 25 heavy (non-hydrogen) atoms. The molecule has 1 amide bonds. The van der Waals surface area contributed by atoms with Gasteiger partial charge in [0.1, 0.15) is 5.75 Å². The number of amides is 1. The normalized spacial score (nSPS) is 18.5. The van der Waals surface area contributed by atoms with Crippen molar-refractivity contribution in [3.8, 4) is 11.4 Å². The second kappa shape index (κ2) is 7.30. The molecule has 1 atom stereocenters. The summed E-state index contributed by atoms with van der Waals surface area (Å²) in [5, 5.41) is 14.3. The summed E-state index contributed by atoms with van der Waals surface area (Å²) >= 11 is 1.23. The lowest BCUT2D eigenvalue weighted by Gasteiger charge is -2.12. The molecule has 1 N–H and O–H groups in total. The molecular formula is C14H14F3N5O2S. The largest absolute Gasteiger partial charge is 0.573 e. The molecule has 134 valence electrons. The molecule has 11 heteroatoms.